The monoisotopic (exact) mass is 196 g/mol. The average molecular weight is 196 g/mol. The smallest absolute Gasteiger partial charge is 0.366 e. The van der Waals surface area contributed by atoms with Crippen LogP contribution in [0.3, 0.4) is 0 Å². The van der Waals surface area contributed by atoms with E-state index in [0.717, 1.165) is 0 Å². The number of carboxylic acid groups (broad SMARTS) is 1. The van der Waals surface area contributed by atoms with Crippen LogP contribution in [-0.2, 0) is 14.5 Å². The van der Waals surface area contributed by atoms with Crippen molar-refractivity contribution in [1.82, 2.24) is 0 Å². The first-order chi connectivity index (χ1) is 6.68. The number of carbonyl (C=O) groups excluding carboxylic acids is 1. The highest BCUT2D eigenvalue weighted by Gasteiger charge is 2.10. The molecule has 0 aromatic heterocycles. The molecule has 5 heteroatoms. The van der Waals surface area contributed by atoms with Gasteiger partial charge >= 0.3 is 11.9 Å². The topological polar surface area (TPSA) is 72.8 Å². The highest BCUT2D eigenvalue weighted by Crippen LogP contribution is 2.08. The van der Waals surface area contributed by atoms with Gasteiger partial charge in [0.25, 0.3) is 0 Å². The Bertz CT molecular complexity index is 319. The summed E-state index contributed by atoms with van der Waals surface area (Å²) >= 11 is 0. The van der Waals surface area contributed by atoms with Crippen LogP contribution in [0, 0.1) is 0 Å². The van der Waals surface area contributed by atoms with Crippen molar-refractivity contribution in [3.05, 3.63) is 30.3 Å². The van der Waals surface area contributed by atoms with E-state index in [1.165, 1.54) is 0 Å². The van der Waals surface area contributed by atoms with Gasteiger partial charge in [-0.05, 0) is 12.1 Å². The summed E-state index contributed by atoms with van der Waals surface area (Å²) in [5.74, 6) is -1.86. The fraction of sp³-hybridized carbons (Fsp3) is 0.111. The summed E-state index contributed by atoms with van der Waals surface area (Å²) in [6, 6.07) is 8.31. The molecular formula is C9H8O5. The van der Waals surface area contributed by atoms with Crippen LogP contribution in [0.1, 0.15) is 6.42 Å². The molecule has 0 aliphatic heterocycles. The van der Waals surface area contributed by atoms with Gasteiger partial charge in [0.05, 0.1) is 0 Å². The van der Waals surface area contributed by atoms with Crippen LogP contribution in [0.5, 0.6) is 5.75 Å². The van der Waals surface area contributed by atoms with Crippen molar-refractivity contribution < 1.29 is 24.5 Å². The first kappa shape index (κ1) is 10.0. The number of carboxylic acids is 1. The Morgan fingerprint density at radius 3 is 2.43 bits per heavy atom. The largest absolute Gasteiger partial charge is 0.481 e. The number of benzene rings is 1. The minimum atomic E-state index is -1.26. The molecule has 0 heterocycles. The summed E-state index contributed by atoms with van der Waals surface area (Å²) < 4.78 is 0. The van der Waals surface area contributed by atoms with Crippen molar-refractivity contribution in [2.75, 3.05) is 0 Å². The Kier molecular flexibility index (Phi) is 3.49. The summed E-state index contributed by atoms with van der Waals surface area (Å²) in [4.78, 5) is 29.5. The molecule has 74 valence electrons. The third-order valence-corrected chi connectivity index (χ3v) is 1.27. The summed E-state index contributed by atoms with van der Waals surface area (Å²) in [7, 11) is 0. The molecule has 0 aliphatic rings. The fourth-order valence-corrected chi connectivity index (χ4v) is 0.724. The second-order valence-corrected chi connectivity index (χ2v) is 2.42. The van der Waals surface area contributed by atoms with Gasteiger partial charge in [0.1, 0.15) is 6.42 Å². The van der Waals surface area contributed by atoms with Crippen LogP contribution in [0.4, 0.5) is 0 Å². The lowest BCUT2D eigenvalue weighted by molar-refractivity contribution is -0.214. The maximum Gasteiger partial charge on any atom is 0.366 e. The Balaban J connectivity index is 2.34. The predicted molar refractivity (Wildman–Crippen MR) is 45.4 cm³/mol. The van der Waals surface area contributed by atoms with Gasteiger partial charge in [-0.25, -0.2) is 9.68 Å². The summed E-state index contributed by atoms with van der Waals surface area (Å²) in [6.07, 6.45) is -0.715. The molecule has 1 N–H and O–H groups in total. The van der Waals surface area contributed by atoms with E-state index in [1.54, 1.807) is 30.3 Å². The van der Waals surface area contributed by atoms with Crippen LogP contribution in [-0.4, -0.2) is 17.0 Å². The number of para-hydroxylation sites is 1. The van der Waals surface area contributed by atoms with Crippen molar-refractivity contribution >= 4 is 11.9 Å². The van der Waals surface area contributed by atoms with Gasteiger partial charge in [-0.1, -0.05) is 18.2 Å². The molecule has 0 saturated carbocycles. The summed E-state index contributed by atoms with van der Waals surface area (Å²) in [6.45, 7) is 0. The van der Waals surface area contributed by atoms with Gasteiger partial charge in [-0.2, -0.15) is 0 Å². The fourth-order valence-electron chi connectivity index (χ4n) is 0.724. The Labute approximate surface area is 79.8 Å². The maximum atomic E-state index is 10.7. The van der Waals surface area contributed by atoms with Crippen LogP contribution >= 0.6 is 0 Å². The predicted octanol–water partition coefficient (Wildman–Crippen LogP) is 0.998. The molecule has 5 nitrogen and oxygen atoms in total. The number of hydrogen-bond donors (Lipinski definition) is 1. The minimum Gasteiger partial charge on any atom is -0.481 e. The van der Waals surface area contributed by atoms with Gasteiger partial charge in [0, 0.05) is 0 Å². The third-order valence-electron chi connectivity index (χ3n) is 1.27. The molecule has 0 amide bonds. The number of hydrogen-bond acceptors (Lipinski definition) is 4. The average Bonchev–Trinajstić information content (AvgIpc) is 2.15. The van der Waals surface area contributed by atoms with Crippen LogP contribution in [0.2, 0.25) is 0 Å². The lowest BCUT2D eigenvalue weighted by Gasteiger charge is -2.01. The molecule has 0 fully saturated rings. The van der Waals surface area contributed by atoms with Crippen molar-refractivity contribution in [1.29, 1.82) is 0 Å². The second-order valence-electron chi connectivity index (χ2n) is 2.42. The molecule has 0 bridgehead atoms. The molecular weight excluding hydrogens is 188 g/mol. The second kappa shape index (κ2) is 4.86. The highest BCUT2D eigenvalue weighted by atomic mass is 17.2. The molecule has 0 saturated heterocycles. The molecule has 0 spiro atoms. The van der Waals surface area contributed by atoms with E-state index in [2.05, 4.69) is 9.78 Å². The van der Waals surface area contributed by atoms with Crippen molar-refractivity contribution in [2.45, 2.75) is 6.42 Å². The molecule has 1 rings (SSSR count). The molecule has 1 aromatic carbocycles. The van der Waals surface area contributed by atoms with E-state index in [-0.39, 0.29) is 0 Å². The maximum absolute atomic E-state index is 10.7. The summed E-state index contributed by atoms with van der Waals surface area (Å²) in [5, 5.41) is 8.22. The normalized spacial score (nSPS) is 9.14. The van der Waals surface area contributed by atoms with Crippen molar-refractivity contribution in [3.63, 3.8) is 0 Å². The van der Waals surface area contributed by atoms with Crippen LogP contribution in [0.25, 0.3) is 0 Å². The van der Waals surface area contributed by atoms with E-state index < -0.39 is 18.4 Å². The highest BCUT2D eigenvalue weighted by molar-refractivity contribution is 5.89. The number of aliphatic carboxylic acids is 1. The van der Waals surface area contributed by atoms with Gasteiger partial charge in [0.15, 0.2) is 5.75 Å². The van der Waals surface area contributed by atoms with Gasteiger partial charge in [0.2, 0.25) is 0 Å². The van der Waals surface area contributed by atoms with Gasteiger partial charge in [-0.15, -0.1) is 0 Å². The molecule has 14 heavy (non-hydrogen) atoms. The Morgan fingerprint density at radius 1 is 1.21 bits per heavy atom. The SMILES string of the molecule is O=C(O)CC(=O)OOc1ccccc1. The Hall–Kier alpha value is -2.04. The van der Waals surface area contributed by atoms with Gasteiger partial charge in [-0.3, -0.25) is 9.68 Å². The molecule has 1 aromatic rings. The zero-order chi connectivity index (χ0) is 10.4. The third kappa shape index (κ3) is 3.57. The van der Waals surface area contributed by atoms with E-state index in [0.29, 0.717) is 5.75 Å². The lowest BCUT2D eigenvalue weighted by Crippen LogP contribution is -2.12. The van der Waals surface area contributed by atoms with Crippen LogP contribution in [0.15, 0.2) is 30.3 Å². The zero-order valence-corrected chi connectivity index (χ0v) is 7.17. The van der Waals surface area contributed by atoms with Crippen LogP contribution < -0.4 is 4.89 Å². The number of rotatable bonds is 4. The van der Waals surface area contributed by atoms with E-state index in [4.69, 9.17) is 5.11 Å². The van der Waals surface area contributed by atoms with E-state index in [9.17, 15) is 9.59 Å². The minimum absolute atomic E-state index is 0.339. The number of carbonyl (C=O) groups is 2. The van der Waals surface area contributed by atoms with Gasteiger partial charge < -0.3 is 5.11 Å². The Morgan fingerprint density at radius 2 is 1.86 bits per heavy atom. The molecule has 0 atom stereocenters. The first-order valence-electron chi connectivity index (χ1n) is 3.82. The lowest BCUT2D eigenvalue weighted by atomic mass is 10.3. The van der Waals surface area contributed by atoms with E-state index in [1.807, 2.05) is 0 Å². The van der Waals surface area contributed by atoms with Crippen molar-refractivity contribution in [2.24, 2.45) is 0 Å². The quantitative estimate of drug-likeness (QED) is 0.441. The summed E-state index contributed by atoms with van der Waals surface area (Å²) in [5.41, 5.74) is 0. The van der Waals surface area contributed by atoms with E-state index >= 15 is 0 Å². The molecule has 0 unspecified atom stereocenters. The van der Waals surface area contributed by atoms with Crippen molar-refractivity contribution in [3.8, 4) is 5.75 Å². The molecule has 0 radical (unpaired) electrons. The standard InChI is InChI=1S/C9H8O5/c10-8(11)6-9(12)14-13-7-4-2-1-3-5-7/h1-5H,6H2,(H,10,11). The molecule has 0 aliphatic carbocycles. The first-order valence-corrected chi connectivity index (χ1v) is 3.82. The zero-order valence-electron chi connectivity index (χ0n) is 7.17.